The molecule has 3 heteroatoms. The van der Waals surface area contributed by atoms with Crippen LogP contribution in [0.3, 0.4) is 0 Å². The summed E-state index contributed by atoms with van der Waals surface area (Å²) in [6.45, 7) is 4.91. The Balaban J connectivity index is 2.30. The second kappa shape index (κ2) is 7.19. The van der Waals surface area contributed by atoms with Crippen molar-refractivity contribution in [2.24, 2.45) is 0 Å². The molecule has 3 nitrogen and oxygen atoms in total. The molecule has 0 radical (unpaired) electrons. The highest BCUT2D eigenvalue weighted by Gasteiger charge is 2.40. The van der Waals surface area contributed by atoms with Gasteiger partial charge in [0.1, 0.15) is 0 Å². The summed E-state index contributed by atoms with van der Waals surface area (Å²) >= 11 is 0. The van der Waals surface area contributed by atoms with Gasteiger partial charge < -0.3 is 10.1 Å². The molecule has 1 atom stereocenters. The van der Waals surface area contributed by atoms with E-state index in [2.05, 4.69) is 29.4 Å². The highest BCUT2D eigenvalue weighted by molar-refractivity contribution is 5.21. The minimum atomic E-state index is -0.0725. The SMILES string of the molecule is CCOC1(C(NC)c2ccc(C)nc2)CCCCCC1. The first kappa shape index (κ1) is 15.5. The van der Waals surface area contributed by atoms with E-state index in [9.17, 15) is 0 Å². The fourth-order valence-corrected chi connectivity index (χ4v) is 3.51. The van der Waals surface area contributed by atoms with Gasteiger partial charge in [-0.2, -0.15) is 0 Å². The molecule has 0 aliphatic heterocycles. The third-order valence-electron chi connectivity index (χ3n) is 4.46. The van der Waals surface area contributed by atoms with Gasteiger partial charge in [0.05, 0.1) is 11.6 Å². The van der Waals surface area contributed by atoms with Crippen molar-refractivity contribution in [1.29, 1.82) is 0 Å². The molecule has 0 spiro atoms. The van der Waals surface area contributed by atoms with E-state index in [1.807, 2.05) is 20.2 Å². The molecule has 1 N–H and O–H groups in total. The maximum atomic E-state index is 6.30. The van der Waals surface area contributed by atoms with Crippen LogP contribution < -0.4 is 5.32 Å². The molecule has 0 saturated heterocycles. The van der Waals surface area contributed by atoms with Gasteiger partial charge in [0, 0.05) is 18.5 Å². The van der Waals surface area contributed by atoms with Crippen LogP contribution in [0.2, 0.25) is 0 Å². The maximum Gasteiger partial charge on any atom is 0.0876 e. The fraction of sp³-hybridized carbons (Fsp3) is 0.706. The van der Waals surface area contributed by atoms with E-state index in [1.165, 1.54) is 31.2 Å². The minimum absolute atomic E-state index is 0.0725. The number of rotatable bonds is 5. The second-order valence-corrected chi connectivity index (χ2v) is 5.87. The van der Waals surface area contributed by atoms with E-state index in [0.29, 0.717) is 0 Å². The Bertz CT molecular complexity index is 394. The van der Waals surface area contributed by atoms with Crippen molar-refractivity contribution in [2.75, 3.05) is 13.7 Å². The standard InChI is InChI=1S/C17H28N2O/c1-4-20-17(11-7-5-6-8-12-17)16(18-3)15-10-9-14(2)19-13-15/h9-10,13,16,18H,4-8,11-12H2,1-3H3. The van der Waals surface area contributed by atoms with Crippen molar-refractivity contribution in [2.45, 2.75) is 64.0 Å². The molecule has 2 rings (SSSR count). The van der Waals surface area contributed by atoms with Crippen molar-refractivity contribution in [3.63, 3.8) is 0 Å². The van der Waals surface area contributed by atoms with Crippen LogP contribution in [0.4, 0.5) is 0 Å². The summed E-state index contributed by atoms with van der Waals surface area (Å²) in [6.07, 6.45) is 9.46. The molecule has 1 saturated carbocycles. The lowest BCUT2D eigenvalue weighted by atomic mass is 9.82. The largest absolute Gasteiger partial charge is 0.373 e. The van der Waals surface area contributed by atoms with Crippen LogP contribution in [-0.4, -0.2) is 24.2 Å². The molecular formula is C17H28N2O. The van der Waals surface area contributed by atoms with Crippen LogP contribution in [0.5, 0.6) is 0 Å². The lowest BCUT2D eigenvalue weighted by Crippen LogP contribution is -2.45. The third-order valence-corrected chi connectivity index (χ3v) is 4.46. The number of aromatic nitrogens is 1. The van der Waals surface area contributed by atoms with Crippen molar-refractivity contribution in [1.82, 2.24) is 10.3 Å². The number of aryl methyl sites for hydroxylation is 1. The van der Waals surface area contributed by atoms with Gasteiger partial charge in [-0.25, -0.2) is 0 Å². The molecule has 1 fully saturated rings. The smallest absolute Gasteiger partial charge is 0.0876 e. The Morgan fingerprint density at radius 2 is 1.95 bits per heavy atom. The Kier molecular flexibility index (Phi) is 5.55. The molecule has 1 aromatic heterocycles. The van der Waals surface area contributed by atoms with Gasteiger partial charge >= 0.3 is 0 Å². The maximum absolute atomic E-state index is 6.30. The average Bonchev–Trinajstić information content (AvgIpc) is 2.69. The topological polar surface area (TPSA) is 34.1 Å². The van der Waals surface area contributed by atoms with Crippen LogP contribution in [0, 0.1) is 6.92 Å². The highest BCUT2D eigenvalue weighted by atomic mass is 16.5. The van der Waals surface area contributed by atoms with Gasteiger partial charge in [-0.15, -0.1) is 0 Å². The number of ether oxygens (including phenoxy) is 1. The predicted molar refractivity (Wildman–Crippen MR) is 82.8 cm³/mol. The van der Waals surface area contributed by atoms with Crippen molar-refractivity contribution in [3.05, 3.63) is 29.6 Å². The second-order valence-electron chi connectivity index (χ2n) is 5.87. The molecule has 1 heterocycles. The van der Waals surface area contributed by atoms with Gasteiger partial charge in [-0.1, -0.05) is 31.7 Å². The van der Waals surface area contributed by atoms with Crippen molar-refractivity contribution in [3.8, 4) is 0 Å². The quantitative estimate of drug-likeness (QED) is 0.831. The van der Waals surface area contributed by atoms with Gasteiger partial charge in [0.15, 0.2) is 0 Å². The summed E-state index contributed by atoms with van der Waals surface area (Å²) in [5.41, 5.74) is 2.24. The van der Waals surface area contributed by atoms with Crippen LogP contribution in [0.1, 0.15) is 62.7 Å². The molecule has 1 aliphatic carbocycles. The number of nitrogens with one attached hydrogen (secondary N) is 1. The summed E-state index contributed by atoms with van der Waals surface area (Å²) < 4.78 is 6.30. The Labute approximate surface area is 123 Å². The number of hydrogen-bond donors (Lipinski definition) is 1. The fourth-order valence-electron chi connectivity index (χ4n) is 3.51. The molecule has 0 aromatic carbocycles. The van der Waals surface area contributed by atoms with Gasteiger partial charge in [-0.3, -0.25) is 4.98 Å². The van der Waals surface area contributed by atoms with Crippen LogP contribution in [-0.2, 0) is 4.74 Å². The van der Waals surface area contributed by atoms with Crippen LogP contribution >= 0.6 is 0 Å². The summed E-state index contributed by atoms with van der Waals surface area (Å²) in [4.78, 5) is 4.46. The third kappa shape index (κ3) is 3.39. The van der Waals surface area contributed by atoms with Crippen molar-refractivity contribution >= 4 is 0 Å². The summed E-state index contributed by atoms with van der Waals surface area (Å²) in [7, 11) is 2.04. The molecule has 1 aromatic rings. The first-order valence-electron chi connectivity index (χ1n) is 7.95. The van der Waals surface area contributed by atoms with E-state index in [4.69, 9.17) is 4.74 Å². The highest BCUT2D eigenvalue weighted by Crippen LogP contribution is 2.40. The van der Waals surface area contributed by atoms with Gasteiger partial charge in [0.2, 0.25) is 0 Å². The van der Waals surface area contributed by atoms with Gasteiger partial charge in [0.25, 0.3) is 0 Å². The predicted octanol–water partition coefficient (Wildman–Crippen LogP) is 3.78. The molecule has 112 valence electrons. The number of pyridine rings is 1. The zero-order valence-corrected chi connectivity index (χ0v) is 13.1. The van der Waals surface area contributed by atoms with Crippen LogP contribution in [0.15, 0.2) is 18.3 Å². The Hall–Kier alpha value is -0.930. The van der Waals surface area contributed by atoms with E-state index < -0.39 is 0 Å². The van der Waals surface area contributed by atoms with Crippen molar-refractivity contribution < 1.29 is 4.74 Å². The number of hydrogen-bond acceptors (Lipinski definition) is 3. The molecular weight excluding hydrogens is 248 g/mol. The van der Waals surface area contributed by atoms with Crippen LogP contribution in [0.25, 0.3) is 0 Å². The summed E-state index contributed by atoms with van der Waals surface area (Å²) in [5.74, 6) is 0. The Morgan fingerprint density at radius 3 is 2.45 bits per heavy atom. The van der Waals surface area contributed by atoms with E-state index in [0.717, 1.165) is 25.1 Å². The average molecular weight is 276 g/mol. The van der Waals surface area contributed by atoms with E-state index in [1.54, 1.807) is 0 Å². The first-order valence-corrected chi connectivity index (χ1v) is 7.95. The van der Waals surface area contributed by atoms with E-state index in [-0.39, 0.29) is 11.6 Å². The minimum Gasteiger partial charge on any atom is -0.373 e. The molecule has 0 amide bonds. The van der Waals surface area contributed by atoms with Gasteiger partial charge in [-0.05, 0) is 45.4 Å². The lowest BCUT2D eigenvalue weighted by molar-refractivity contribution is -0.0767. The molecule has 1 aliphatic rings. The zero-order valence-electron chi connectivity index (χ0n) is 13.1. The normalized spacial score (nSPS) is 20.4. The molecule has 0 bridgehead atoms. The first-order chi connectivity index (χ1) is 9.72. The monoisotopic (exact) mass is 276 g/mol. The van der Waals surface area contributed by atoms with E-state index >= 15 is 0 Å². The number of nitrogens with zero attached hydrogens (tertiary/aromatic N) is 1. The zero-order chi connectivity index (χ0) is 14.4. The Morgan fingerprint density at radius 1 is 1.25 bits per heavy atom. The summed E-state index contributed by atoms with van der Waals surface area (Å²) in [5, 5.41) is 3.50. The lowest BCUT2D eigenvalue weighted by Gasteiger charge is -2.40. The molecule has 1 unspecified atom stereocenters. The summed E-state index contributed by atoms with van der Waals surface area (Å²) in [6, 6.07) is 4.51. The number of likely N-dealkylation sites (N-methyl/N-ethyl adjacent to an activating group) is 1. The molecule has 20 heavy (non-hydrogen) atoms.